The summed E-state index contributed by atoms with van der Waals surface area (Å²) in [5, 5.41) is 2.72. The van der Waals surface area contributed by atoms with Crippen LogP contribution in [0.3, 0.4) is 0 Å². The second-order valence-electron chi connectivity index (χ2n) is 8.25. The van der Waals surface area contributed by atoms with Crippen LogP contribution in [-0.2, 0) is 9.53 Å². The Kier molecular flexibility index (Phi) is 5.68. The van der Waals surface area contributed by atoms with Gasteiger partial charge in [0, 0.05) is 44.4 Å². The lowest BCUT2D eigenvalue weighted by Crippen LogP contribution is -2.42. The molecule has 3 aliphatic rings. The number of likely N-dealkylation sites (tertiary alicyclic amines) is 1. The molecule has 0 aromatic heterocycles. The van der Waals surface area contributed by atoms with E-state index in [4.69, 9.17) is 4.74 Å². The van der Waals surface area contributed by atoms with E-state index in [9.17, 15) is 18.0 Å². The highest BCUT2D eigenvalue weighted by Crippen LogP contribution is 2.54. The van der Waals surface area contributed by atoms with Gasteiger partial charge in [-0.05, 0) is 33.1 Å². The first kappa shape index (κ1) is 19.7. The van der Waals surface area contributed by atoms with E-state index in [1.807, 2.05) is 0 Å². The molecule has 0 radical (unpaired) electrons. The van der Waals surface area contributed by atoms with E-state index in [1.165, 1.54) is 5.57 Å². The van der Waals surface area contributed by atoms with Crippen LogP contribution in [0.4, 0.5) is 13.2 Å². The number of carbonyl (C=O) groups excluding carboxylic acids is 1. The van der Waals surface area contributed by atoms with Gasteiger partial charge in [0.05, 0.1) is 18.1 Å². The van der Waals surface area contributed by atoms with Crippen molar-refractivity contribution < 1.29 is 22.7 Å². The molecule has 4 atom stereocenters. The number of halogens is 3. The minimum absolute atomic E-state index is 0.100. The Hall–Kier alpha value is -1.08. The molecule has 1 spiro atoms. The minimum atomic E-state index is -4.28. The van der Waals surface area contributed by atoms with Crippen LogP contribution in [0.1, 0.15) is 46.0 Å². The maximum absolute atomic E-state index is 12.2. The Balaban J connectivity index is 1.50. The standard InChI is InChI=1S/C19H29F3N2O2/c1-13(2)4-3-9-24-11-15-14(16-5-7-18(15,12-24)26-16)10-23-17(25)6-8-19(20,21)22/h4,14-16H,3,5-12H2,1-2H3,(H,23,25)/t14-,15+,16+,18+/m0/s1. The summed E-state index contributed by atoms with van der Waals surface area (Å²) >= 11 is 0. The molecule has 26 heavy (non-hydrogen) atoms. The van der Waals surface area contributed by atoms with E-state index in [-0.39, 0.29) is 17.6 Å². The normalized spacial score (nSPS) is 33.3. The van der Waals surface area contributed by atoms with Gasteiger partial charge in [-0.1, -0.05) is 11.6 Å². The lowest BCUT2D eigenvalue weighted by molar-refractivity contribution is -0.144. The molecule has 7 heteroatoms. The van der Waals surface area contributed by atoms with Crippen molar-refractivity contribution in [3.8, 4) is 0 Å². The maximum Gasteiger partial charge on any atom is 0.389 e. The molecular formula is C19H29F3N2O2. The second-order valence-corrected chi connectivity index (χ2v) is 8.25. The molecule has 148 valence electrons. The number of allylic oxidation sites excluding steroid dienone is 1. The van der Waals surface area contributed by atoms with Crippen molar-refractivity contribution in [1.29, 1.82) is 0 Å². The van der Waals surface area contributed by atoms with E-state index in [0.717, 1.165) is 38.9 Å². The molecule has 0 aromatic carbocycles. The molecule has 1 N–H and O–H groups in total. The van der Waals surface area contributed by atoms with E-state index < -0.39 is 24.9 Å². The van der Waals surface area contributed by atoms with Crippen LogP contribution < -0.4 is 5.32 Å². The highest BCUT2D eigenvalue weighted by Gasteiger charge is 2.62. The van der Waals surface area contributed by atoms with Crippen LogP contribution in [-0.4, -0.2) is 54.9 Å². The van der Waals surface area contributed by atoms with Gasteiger partial charge in [0.1, 0.15) is 0 Å². The number of nitrogens with one attached hydrogen (secondary N) is 1. The Morgan fingerprint density at radius 2 is 2.15 bits per heavy atom. The molecular weight excluding hydrogens is 345 g/mol. The first-order valence-corrected chi connectivity index (χ1v) is 9.55. The van der Waals surface area contributed by atoms with Gasteiger partial charge in [-0.3, -0.25) is 9.69 Å². The van der Waals surface area contributed by atoms with Gasteiger partial charge in [0.15, 0.2) is 0 Å². The van der Waals surface area contributed by atoms with Crippen LogP contribution in [0.2, 0.25) is 0 Å². The van der Waals surface area contributed by atoms with E-state index in [1.54, 1.807) is 0 Å². The first-order chi connectivity index (χ1) is 12.2. The summed E-state index contributed by atoms with van der Waals surface area (Å²) in [7, 11) is 0. The largest absolute Gasteiger partial charge is 0.389 e. The van der Waals surface area contributed by atoms with Gasteiger partial charge in [-0.2, -0.15) is 13.2 Å². The van der Waals surface area contributed by atoms with Gasteiger partial charge >= 0.3 is 6.18 Å². The van der Waals surface area contributed by atoms with Crippen molar-refractivity contribution in [1.82, 2.24) is 10.2 Å². The predicted molar refractivity (Wildman–Crippen MR) is 92.6 cm³/mol. The third-order valence-corrected chi connectivity index (χ3v) is 6.02. The van der Waals surface area contributed by atoms with Crippen molar-refractivity contribution in [2.24, 2.45) is 11.8 Å². The van der Waals surface area contributed by atoms with Crippen LogP contribution in [0, 0.1) is 11.8 Å². The maximum atomic E-state index is 12.2. The minimum Gasteiger partial charge on any atom is -0.370 e. The average Bonchev–Trinajstić information content (AvgIpc) is 3.17. The molecule has 3 rings (SSSR count). The average molecular weight is 374 g/mol. The third kappa shape index (κ3) is 4.42. The van der Waals surface area contributed by atoms with Crippen LogP contribution in [0.5, 0.6) is 0 Å². The fourth-order valence-corrected chi connectivity index (χ4v) is 4.84. The van der Waals surface area contributed by atoms with Crippen molar-refractivity contribution >= 4 is 5.91 Å². The molecule has 3 aliphatic heterocycles. The van der Waals surface area contributed by atoms with Crippen molar-refractivity contribution in [2.75, 3.05) is 26.2 Å². The number of hydrogen-bond donors (Lipinski definition) is 1. The molecule has 3 heterocycles. The Morgan fingerprint density at radius 3 is 2.85 bits per heavy atom. The zero-order valence-corrected chi connectivity index (χ0v) is 15.6. The summed E-state index contributed by atoms with van der Waals surface area (Å²) in [4.78, 5) is 14.2. The van der Waals surface area contributed by atoms with Gasteiger partial charge < -0.3 is 10.1 Å². The molecule has 4 nitrogen and oxygen atoms in total. The summed E-state index contributed by atoms with van der Waals surface area (Å²) in [5.41, 5.74) is 1.22. The smallest absolute Gasteiger partial charge is 0.370 e. The van der Waals surface area contributed by atoms with Crippen LogP contribution >= 0.6 is 0 Å². The molecule has 1 amide bonds. The first-order valence-electron chi connectivity index (χ1n) is 9.55. The molecule has 0 saturated carbocycles. The molecule has 0 unspecified atom stereocenters. The van der Waals surface area contributed by atoms with E-state index in [2.05, 4.69) is 30.1 Å². The number of amides is 1. The van der Waals surface area contributed by atoms with Crippen molar-refractivity contribution in [2.45, 2.75) is 63.8 Å². The lowest BCUT2D eigenvalue weighted by Gasteiger charge is -2.29. The molecule has 0 aliphatic carbocycles. The van der Waals surface area contributed by atoms with E-state index >= 15 is 0 Å². The number of ether oxygens (including phenoxy) is 1. The summed E-state index contributed by atoms with van der Waals surface area (Å²) in [5.74, 6) is 0.0699. The quantitative estimate of drug-likeness (QED) is 0.696. The number of rotatable bonds is 7. The highest BCUT2D eigenvalue weighted by atomic mass is 19.4. The van der Waals surface area contributed by atoms with Crippen molar-refractivity contribution in [3.63, 3.8) is 0 Å². The number of carbonyl (C=O) groups is 1. The second kappa shape index (κ2) is 7.50. The molecule has 2 bridgehead atoms. The Bertz CT molecular complexity index is 559. The van der Waals surface area contributed by atoms with Crippen LogP contribution in [0.25, 0.3) is 0 Å². The fourth-order valence-electron chi connectivity index (χ4n) is 4.84. The molecule has 0 aromatic rings. The fraction of sp³-hybridized carbons (Fsp3) is 0.842. The van der Waals surface area contributed by atoms with Crippen molar-refractivity contribution in [3.05, 3.63) is 11.6 Å². The molecule has 3 fully saturated rings. The number of fused-ring (bicyclic) bond motifs is 1. The summed E-state index contributed by atoms with van der Waals surface area (Å²) < 4.78 is 43.0. The summed E-state index contributed by atoms with van der Waals surface area (Å²) in [6.07, 6.45) is -0.393. The molecule has 3 saturated heterocycles. The van der Waals surface area contributed by atoms with Gasteiger partial charge in [-0.25, -0.2) is 0 Å². The van der Waals surface area contributed by atoms with Gasteiger partial charge in [0.25, 0.3) is 0 Å². The Labute approximate surface area is 153 Å². The van der Waals surface area contributed by atoms with E-state index in [0.29, 0.717) is 12.5 Å². The number of hydrogen-bond acceptors (Lipinski definition) is 3. The monoisotopic (exact) mass is 374 g/mol. The summed E-state index contributed by atoms with van der Waals surface area (Å²) in [6, 6.07) is 0. The number of nitrogens with zero attached hydrogens (tertiary/aromatic N) is 1. The topological polar surface area (TPSA) is 41.6 Å². The Morgan fingerprint density at radius 1 is 1.38 bits per heavy atom. The summed E-state index contributed by atoms with van der Waals surface area (Å²) in [6.45, 7) is 7.51. The zero-order chi connectivity index (χ0) is 18.9. The van der Waals surface area contributed by atoms with Crippen LogP contribution in [0.15, 0.2) is 11.6 Å². The van der Waals surface area contributed by atoms with Gasteiger partial charge in [0.2, 0.25) is 5.91 Å². The SMILES string of the molecule is CC(C)=CCCN1C[C@@H]2[C@H](CNC(=O)CCC(F)(F)F)[C@H]3CC[C@]2(C1)O3. The predicted octanol–water partition coefficient (Wildman–Crippen LogP) is 3.28. The number of alkyl halides is 3. The van der Waals surface area contributed by atoms with Gasteiger partial charge in [-0.15, -0.1) is 0 Å². The third-order valence-electron chi connectivity index (χ3n) is 6.02. The zero-order valence-electron chi connectivity index (χ0n) is 15.6. The lowest BCUT2D eigenvalue weighted by atomic mass is 9.73. The highest BCUT2D eigenvalue weighted by molar-refractivity contribution is 5.75.